The molecule has 0 bridgehead atoms. The molecule has 2 atom stereocenters. The molecule has 0 aromatic heterocycles. The maximum Gasteiger partial charge on any atom is 0.306 e. The van der Waals surface area contributed by atoms with E-state index < -0.39 is 11.9 Å². The van der Waals surface area contributed by atoms with Crippen molar-refractivity contribution >= 4 is 5.97 Å². The van der Waals surface area contributed by atoms with Gasteiger partial charge in [-0.2, -0.15) is 0 Å². The summed E-state index contributed by atoms with van der Waals surface area (Å²) in [5.41, 5.74) is 0.971. The van der Waals surface area contributed by atoms with Gasteiger partial charge in [-0.1, -0.05) is 37.3 Å². The van der Waals surface area contributed by atoms with Crippen LogP contribution in [0.15, 0.2) is 30.3 Å². The minimum absolute atomic E-state index is 0.163. The molecule has 0 saturated carbocycles. The zero-order valence-corrected chi connectivity index (χ0v) is 10.1. The number of methoxy groups -OCH3 is 1. The maximum atomic E-state index is 11.1. The number of hydrogen-bond donors (Lipinski definition) is 1. The van der Waals surface area contributed by atoms with E-state index in [0.717, 1.165) is 5.56 Å². The summed E-state index contributed by atoms with van der Waals surface area (Å²) in [6.07, 6.45) is 0. The Morgan fingerprint density at radius 3 is 2.53 bits per heavy atom. The molecule has 1 aromatic carbocycles. The van der Waals surface area contributed by atoms with Crippen LogP contribution in [0.3, 0.4) is 0 Å². The molecule has 1 N–H and O–H groups in total. The zero-order valence-electron chi connectivity index (χ0n) is 10.1. The lowest BCUT2D eigenvalue weighted by molar-refractivity contribution is -0.143. The normalized spacial score (nSPS) is 14.2. The summed E-state index contributed by atoms with van der Waals surface area (Å²) >= 11 is 0. The Kier molecular flexibility index (Phi) is 5.66. The number of carbonyl (C=O) groups is 1. The van der Waals surface area contributed by atoms with Crippen molar-refractivity contribution in [3.8, 4) is 0 Å². The quantitative estimate of drug-likeness (QED) is 0.584. The Hall–Kier alpha value is -1.39. The fraction of sp³-hybridized carbons (Fsp3) is 0.462. The van der Waals surface area contributed by atoms with Gasteiger partial charge in [-0.05, 0) is 5.56 Å². The van der Waals surface area contributed by atoms with Crippen molar-refractivity contribution in [2.75, 3.05) is 20.5 Å². The topological polar surface area (TPSA) is 55.8 Å². The third-order valence-corrected chi connectivity index (χ3v) is 2.72. The van der Waals surface area contributed by atoms with Gasteiger partial charge in [-0.3, -0.25) is 4.79 Å². The van der Waals surface area contributed by atoms with Crippen LogP contribution >= 0.6 is 0 Å². The summed E-state index contributed by atoms with van der Waals surface area (Å²) in [7, 11) is 1.54. The van der Waals surface area contributed by atoms with Gasteiger partial charge in [0.1, 0.15) is 6.79 Å². The Morgan fingerprint density at radius 1 is 1.35 bits per heavy atom. The Balaban J connectivity index is 2.75. The molecular weight excluding hydrogens is 220 g/mol. The summed E-state index contributed by atoms with van der Waals surface area (Å²) < 4.78 is 10.1. The molecule has 4 nitrogen and oxygen atoms in total. The molecule has 0 radical (unpaired) electrons. The number of aliphatic carboxylic acids is 1. The molecule has 0 saturated heterocycles. The second-order valence-electron chi connectivity index (χ2n) is 3.92. The summed E-state index contributed by atoms with van der Waals surface area (Å²) in [5, 5.41) is 9.08. The highest BCUT2D eigenvalue weighted by Crippen LogP contribution is 2.25. The van der Waals surface area contributed by atoms with Gasteiger partial charge in [0.25, 0.3) is 0 Å². The molecule has 17 heavy (non-hydrogen) atoms. The summed E-state index contributed by atoms with van der Waals surface area (Å²) in [6.45, 7) is 2.21. The Bertz CT molecular complexity index is 337. The van der Waals surface area contributed by atoms with E-state index in [4.69, 9.17) is 14.6 Å². The second-order valence-corrected chi connectivity index (χ2v) is 3.92. The molecule has 0 spiro atoms. The molecule has 1 rings (SSSR count). The van der Waals surface area contributed by atoms with Crippen LogP contribution in [0.2, 0.25) is 0 Å². The average Bonchev–Trinajstić information content (AvgIpc) is 2.35. The number of ether oxygens (including phenoxy) is 2. The van der Waals surface area contributed by atoms with Gasteiger partial charge in [-0.15, -0.1) is 0 Å². The molecule has 0 aliphatic heterocycles. The number of rotatable bonds is 7. The molecular formula is C13H18O4. The lowest BCUT2D eigenvalue weighted by Gasteiger charge is -2.21. The largest absolute Gasteiger partial charge is 0.481 e. The highest BCUT2D eigenvalue weighted by molar-refractivity contribution is 5.71. The summed E-state index contributed by atoms with van der Waals surface area (Å²) in [6, 6.07) is 9.53. The Morgan fingerprint density at radius 2 is 2.00 bits per heavy atom. The zero-order chi connectivity index (χ0) is 12.7. The van der Waals surface area contributed by atoms with E-state index in [2.05, 4.69) is 0 Å². The molecule has 0 heterocycles. The third kappa shape index (κ3) is 4.17. The van der Waals surface area contributed by atoms with Gasteiger partial charge >= 0.3 is 5.97 Å². The molecule has 1 unspecified atom stereocenters. The van der Waals surface area contributed by atoms with E-state index in [1.54, 1.807) is 6.92 Å². The number of benzene rings is 1. The van der Waals surface area contributed by atoms with Crippen molar-refractivity contribution in [1.29, 1.82) is 0 Å². The Labute approximate surface area is 101 Å². The molecule has 4 heteroatoms. The van der Waals surface area contributed by atoms with E-state index in [-0.39, 0.29) is 12.7 Å². The SMILES string of the molecule is COCOCC(c1ccccc1)[C@@H](C)C(=O)O. The lowest BCUT2D eigenvalue weighted by atomic mass is 9.88. The predicted molar refractivity (Wildman–Crippen MR) is 63.8 cm³/mol. The van der Waals surface area contributed by atoms with Gasteiger partial charge < -0.3 is 14.6 Å². The smallest absolute Gasteiger partial charge is 0.306 e. The van der Waals surface area contributed by atoms with Gasteiger partial charge in [0.05, 0.1) is 12.5 Å². The van der Waals surface area contributed by atoms with Gasteiger partial charge in [0.2, 0.25) is 0 Å². The van der Waals surface area contributed by atoms with Crippen LogP contribution in [0.5, 0.6) is 0 Å². The van der Waals surface area contributed by atoms with Crippen molar-refractivity contribution < 1.29 is 19.4 Å². The second kappa shape index (κ2) is 7.04. The summed E-state index contributed by atoms with van der Waals surface area (Å²) in [4.78, 5) is 11.1. The van der Waals surface area contributed by atoms with Crippen LogP contribution in [0.4, 0.5) is 0 Å². The predicted octanol–water partition coefficient (Wildman–Crippen LogP) is 2.11. The number of carboxylic acids is 1. The van der Waals surface area contributed by atoms with E-state index >= 15 is 0 Å². The van der Waals surface area contributed by atoms with Crippen LogP contribution in [0.25, 0.3) is 0 Å². The molecule has 94 valence electrons. The van der Waals surface area contributed by atoms with Crippen LogP contribution in [-0.2, 0) is 14.3 Å². The van der Waals surface area contributed by atoms with Gasteiger partial charge in [0, 0.05) is 13.0 Å². The first-order valence-electron chi connectivity index (χ1n) is 5.51. The number of hydrogen-bond acceptors (Lipinski definition) is 3. The number of carboxylic acid groups (broad SMARTS) is 1. The molecule has 0 aliphatic carbocycles. The van der Waals surface area contributed by atoms with Crippen molar-refractivity contribution in [2.24, 2.45) is 5.92 Å². The minimum Gasteiger partial charge on any atom is -0.481 e. The van der Waals surface area contributed by atoms with Crippen molar-refractivity contribution in [3.05, 3.63) is 35.9 Å². The molecule has 0 amide bonds. The van der Waals surface area contributed by atoms with Crippen molar-refractivity contribution in [1.82, 2.24) is 0 Å². The lowest BCUT2D eigenvalue weighted by Crippen LogP contribution is -2.23. The van der Waals surface area contributed by atoms with Crippen molar-refractivity contribution in [3.63, 3.8) is 0 Å². The van der Waals surface area contributed by atoms with Crippen LogP contribution in [-0.4, -0.2) is 31.6 Å². The van der Waals surface area contributed by atoms with E-state index in [1.165, 1.54) is 7.11 Å². The van der Waals surface area contributed by atoms with Gasteiger partial charge in [-0.25, -0.2) is 0 Å². The first-order valence-corrected chi connectivity index (χ1v) is 5.51. The standard InChI is InChI=1S/C13H18O4/c1-10(13(14)15)12(8-17-9-16-2)11-6-4-3-5-7-11/h3-7,10,12H,8-9H2,1-2H3,(H,14,15)/t10-,12?/m1/s1. The van der Waals surface area contributed by atoms with Crippen LogP contribution < -0.4 is 0 Å². The summed E-state index contributed by atoms with van der Waals surface area (Å²) in [5.74, 6) is -1.47. The first kappa shape index (κ1) is 13.7. The molecule has 0 aliphatic rings. The third-order valence-electron chi connectivity index (χ3n) is 2.72. The molecule has 1 aromatic rings. The monoisotopic (exact) mass is 238 g/mol. The average molecular weight is 238 g/mol. The van der Waals surface area contributed by atoms with Gasteiger partial charge in [0.15, 0.2) is 0 Å². The van der Waals surface area contributed by atoms with Crippen LogP contribution in [0, 0.1) is 5.92 Å². The van der Waals surface area contributed by atoms with E-state index in [1.807, 2.05) is 30.3 Å². The highest BCUT2D eigenvalue weighted by Gasteiger charge is 2.25. The van der Waals surface area contributed by atoms with E-state index in [9.17, 15) is 4.79 Å². The minimum atomic E-state index is -0.820. The van der Waals surface area contributed by atoms with Crippen LogP contribution in [0.1, 0.15) is 18.4 Å². The molecule has 0 fully saturated rings. The maximum absolute atomic E-state index is 11.1. The first-order chi connectivity index (χ1) is 8.16. The highest BCUT2D eigenvalue weighted by atomic mass is 16.7. The van der Waals surface area contributed by atoms with E-state index in [0.29, 0.717) is 6.61 Å². The fourth-order valence-electron chi connectivity index (χ4n) is 1.66. The fourth-order valence-corrected chi connectivity index (χ4v) is 1.66. The van der Waals surface area contributed by atoms with Crippen molar-refractivity contribution in [2.45, 2.75) is 12.8 Å².